The Labute approximate surface area is 109 Å². The van der Waals surface area contributed by atoms with Crippen molar-refractivity contribution in [2.24, 2.45) is 0 Å². The third kappa shape index (κ3) is 3.65. The largest absolute Gasteiger partial charge is 0.377 e. The molecule has 4 nitrogen and oxygen atoms in total. The number of aryl methyl sites for hydroxylation is 1. The van der Waals surface area contributed by atoms with Gasteiger partial charge in [-0.2, -0.15) is 0 Å². The van der Waals surface area contributed by atoms with Gasteiger partial charge in [0.25, 0.3) is 0 Å². The number of nitrogens with one attached hydrogen (secondary N) is 2. The molecule has 0 fully saturated rings. The molecule has 0 saturated carbocycles. The first-order valence-electron chi connectivity index (χ1n) is 6.28. The van der Waals surface area contributed by atoms with E-state index in [2.05, 4.69) is 34.6 Å². The molecule has 1 atom stereocenters. The Kier molecular flexibility index (Phi) is 5.01. The maximum atomic E-state index is 11.6. The van der Waals surface area contributed by atoms with Gasteiger partial charge in [-0.15, -0.1) is 0 Å². The number of hydrogen-bond acceptors (Lipinski definition) is 3. The van der Waals surface area contributed by atoms with Crippen LogP contribution in [0.5, 0.6) is 0 Å². The maximum absolute atomic E-state index is 11.6. The molecule has 0 saturated heterocycles. The SMILES string of the molecule is CCNC(=O)C(C)Nc1ccc(C)c(N(C)C)c1. The number of anilines is 2. The first-order valence-corrected chi connectivity index (χ1v) is 6.28. The number of carbonyl (C=O) groups is 1. The van der Waals surface area contributed by atoms with E-state index in [1.54, 1.807) is 0 Å². The number of nitrogens with zero attached hydrogens (tertiary/aromatic N) is 1. The highest BCUT2D eigenvalue weighted by Gasteiger charge is 2.12. The van der Waals surface area contributed by atoms with Crippen LogP contribution in [-0.2, 0) is 4.79 Å². The van der Waals surface area contributed by atoms with Gasteiger partial charge >= 0.3 is 0 Å². The van der Waals surface area contributed by atoms with Gasteiger partial charge in [-0.1, -0.05) is 6.07 Å². The fraction of sp³-hybridized carbons (Fsp3) is 0.500. The lowest BCUT2D eigenvalue weighted by atomic mass is 10.1. The molecule has 100 valence electrons. The Morgan fingerprint density at radius 2 is 2.06 bits per heavy atom. The van der Waals surface area contributed by atoms with Crippen LogP contribution in [0.25, 0.3) is 0 Å². The predicted molar refractivity (Wildman–Crippen MR) is 77.3 cm³/mol. The van der Waals surface area contributed by atoms with Crippen LogP contribution in [0.1, 0.15) is 19.4 Å². The number of likely N-dealkylation sites (N-methyl/N-ethyl adjacent to an activating group) is 1. The molecule has 18 heavy (non-hydrogen) atoms. The molecule has 1 aromatic rings. The minimum Gasteiger partial charge on any atom is -0.377 e. The molecule has 1 rings (SSSR count). The second kappa shape index (κ2) is 6.28. The predicted octanol–water partition coefficient (Wildman–Crippen LogP) is 2.00. The summed E-state index contributed by atoms with van der Waals surface area (Å²) >= 11 is 0. The van der Waals surface area contributed by atoms with E-state index in [4.69, 9.17) is 0 Å². The minimum atomic E-state index is -0.234. The van der Waals surface area contributed by atoms with E-state index in [9.17, 15) is 4.79 Å². The molecule has 0 radical (unpaired) electrons. The van der Waals surface area contributed by atoms with E-state index in [1.165, 1.54) is 5.56 Å². The van der Waals surface area contributed by atoms with Crippen molar-refractivity contribution in [1.29, 1.82) is 0 Å². The molecule has 1 amide bonds. The van der Waals surface area contributed by atoms with Crippen molar-refractivity contribution in [2.45, 2.75) is 26.8 Å². The summed E-state index contributed by atoms with van der Waals surface area (Å²) in [4.78, 5) is 13.7. The van der Waals surface area contributed by atoms with Crippen molar-refractivity contribution in [3.63, 3.8) is 0 Å². The van der Waals surface area contributed by atoms with Crippen molar-refractivity contribution < 1.29 is 4.79 Å². The lowest BCUT2D eigenvalue weighted by Gasteiger charge is -2.19. The van der Waals surface area contributed by atoms with Crippen LogP contribution < -0.4 is 15.5 Å². The van der Waals surface area contributed by atoms with Crippen LogP contribution >= 0.6 is 0 Å². The molecule has 2 N–H and O–H groups in total. The Balaban J connectivity index is 2.79. The summed E-state index contributed by atoms with van der Waals surface area (Å²) in [5, 5.41) is 6.01. The number of rotatable bonds is 5. The topological polar surface area (TPSA) is 44.4 Å². The third-order valence-electron chi connectivity index (χ3n) is 2.82. The molecular formula is C14H23N3O. The average molecular weight is 249 g/mol. The second-order valence-electron chi connectivity index (χ2n) is 4.66. The smallest absolute Gasteiger partial charge is 0.242 e. The molecule has 4 heteroatoms. The van der Waals surface area contributed by atoms with Crippen molar-refractivity contribution in [2.75, 3.05) is 30.9 Å². The van der Waals surface area contributed by atoms with Gasteiger partial charge in [0.1, 0.15) is 6.04 Å². The first kappa shape index (κ1) is 14.4. The highest BCUT2D eigenvalue weighted by molar-refractivity contribution is 5.84. The van der Waals surface area contributed by atoms with Gasteiger partial charge in [0.05, 0.1) is 0 Å². The zero-order valence-corrected chi connectivity index (χ0v) is 11.9. The van der Waals surface area contributed by atoms with Gasteiger partial charge in [-0.25, -0.2) is 0 Å². The Morgan fingerprint density at radius 1 is 1.39 bits per heavy atom. The number of hydrogen-bond donors (Lipinski definition) is 2. The summed E-state index contributed by atoms with van der Waals surface area (Å²) in [7, 11) is 4.03. The molecule has 0 aliphatic heterocycles. The number of amides is 1. The Hall–Kier alpha value is -1.71. The van der Waals surface area contributed by atoms with Crippen molar-refractivity contribution >= 4 is 17.3 Å². The molecule has 0 heterocycles. The lowest BCUT2D eigenvalue weighted by Crippen LogP contribution is -2.37. The van der Waals surface area contributed by atoms with Gasteiger partial charge in [0, 0.05) is 32.0 Å². The van der Waals surface area contributed by atoms with Gasteiger partial charge in [-0.05, 0) is 38.5 Å². The molecule has 0 aromatic heterocycles. The first-order chi connectivity index (χ1) is 8.45. The molecule has 0 aliphatic carbocycles. The van der Waals surface area contributed by atoms with E-state index in [-0.39, 0.29) is 11.9 Å². The van der Waals surface area contributed by atoms with Crippen molar-refractivity contribution in [1.82, 2.24) is 5.32 Å². The van der Waals surface area contributed by atoms with Gasteiger partial charge in [0.15, 0.2) is 0 Å². The third-order valence-corrected chi connectivity index (χ3v) is 2.82. The molecule has 0 bridgehead atoms. The highest BCUT2D eigenvalue weighted by Crippen LogP contribution is 2.22. The van der Waals surface area contributed by atoms with Crippen LogP contribution in [0.3, 0.4) is 0 Å². The van der Waals surface area contributed by atoms with Crippen LogP contribution in [0.2, 0.25) is 0 Å². The quantitative estimate of drug-likeness (QED) is 0.839. The standard InChI is InChI=1S/C14H23N3O/c1-6-15-14(18)11(3)16-12-8-7-10(2)13(9-12)17(4)5/h7-9,11,16H,6H2,1-5H3,(H,15,18). The number of benzene rings is 1. The van der Waals surface area contributed by atoms with Crippen molar-refractivity contribution in [3.8, 4) is 0 Å². The molecule has 1 unspecified atom stereocenters. The second-order valence-corrected chi connectivity index (χ2v) is 4.66. The Morgan fingerprint density at radius 3 is 2.61 bits per heavy atom. The van der Waals surface area contributed by atoms with E-state index >= 15 is 0 Å². The average Bonchev–Trinajstić information content (AvgIpc) is 2.31. The van der Waals surface area contributed by atoms with E-state index in [0.717, 1.165) is 11.4 Å². The maximum Gasteiger partial charge on any atom is 0.242 e. The minimum absolute atomic E-state index is 0.0180. The van der Waals surface area contributed by atoms with Gasteiger partial charge in [0.2, 0.25) is 5.91 Å². The fourth-order valence-corrected chi connectivity index (χ4v) is 1.82. The normalized spacial score (nSPS) is 11.8. The summed E-state index contributed by atoms with van der Waals surface area (Å²) in [6, 6.07) is 5.88. The lowest BCUT2D eigenvalue weighted by molar-refractivity contribution is -0.121. The van der Waals surface area contributed by atoms with Crippen molar-refractivity contribution in [3.05, 3.63) is 23.8 Å². The van der Waals surface area contributed by atoms with Gasteiger partial charge in [-0.3, -0.25) is 4.79 Å². The monoisotopic (exact) mass is 249 g/mol. The van der Waals surface area contributed by atoms with E-state index < -0.39 is 0 Å². The van der Waals surface area contributed by atoms with Crippen LogP contribution in [-0.4, -0.2) is 32.6 Å². The highest BCUT2D eigenvalue weighted by atomic mass is 16.2. The van der Waals surface area contributed by atoms with E-state index in [0.29, 0.717) is 6.54 Å². The zero-order valence-electron chi connectivity index (χ0n) is 11.9. The summed E-state index contributed by atoms with van der Waals surface area (Å²) < 4.78 is 0. The molecular weight excluding hydrogens is 226 g/mol. The summed E-state index contributed by atoms with van der Waals surface area (Å²) in [6.45, 7) is 6.51. The zero-order chi connectivity index (χ0) is 13.7. The fourth-order valence-electron chi connectivity index (χ4n) is 1.82. The van der Waals surface area contributed by atoms with Crippen LogP contribution in [0.15, 0.2) is 18.2 Å². The molecule has 1 aromatic carbocycles. The molecule has 0 spiro atoms. The van der Waals surface area contributed by atoms with Gasteiger partial charge < -0.3 is 15.5 Å². The summed E-state index contributed by atoms with van der Waals surface area (Å²) in [5.74, 6) is 0.0180. The number of carbonyl (C=O) groups excluding carboxylic acids is 1. The summed E-state index contributed by atoms with van der Waals surface area (Å²) in [5.41, 5.74) is 3.34. The van der Waals surface area contributed by atoms with E-state index in [1.807, 2.05) is 34.0 Å². The molecule has 0 aliphatic rings. The van der Waals surface area contributed by atoms with Crippen LogP contribution in [0, 0.1) is 6.92 Å². The Bertz CT molecular complexity index is 416. The van der Waals surface area contributed by atoms with Crippen LogP contribution in [0.4, 0.5) is 11.4 Å². The summed E-state index contributed by atoms with van der Waals surface area (Å²) in [6.07, 6.45) is 0.